The third-order valence-electron chi connectivity index (χ3n) is 6.38. The third-order valence-corrected chi connectivity index (χ3v) is 6.38. The van der Waals surface area contributed by atoms with Crippen molar-refractivity contribution < 1.29 is 18.7 Å². The molecule has 1 saturated heterocycles. The monoisotopic (exact) mass is 503 g/mol. The molecule has 0 spiro atoms. The molecule has 2 fully saturated rings. The number of hydrogen-bond donors (Lipinski definition) is 1. The van der Waals surface area contributed by atoms with E-state index in [4.69, 9.17) is 9.15 Å². The average Bonchev–Trinajstić information content (AvgIpc) is 3.22. The lowest BCUT2D eigenvalue weighted by atomic mass is 10.0. The lowest BCUT2D eigenvalue weighted by Crippen LogP contribution is -2.43. The molecule has 2 atom stereocenters. The lowest BCUT2D eigenvalue weighted by molar-refractivity contribution is 0.0208. The maximum absolute atomic E-state index is 13.0. The van der Waals surface area contributed by atoms with Crippen LogP contribution < -0.4 is 5.32 Å². The zero-order valence-electron chi connectivity index (χ0n) is 21.0. The van der Waals surface area contributed by atoms with Crippen molar-refractivity contribution in [2.24, 2.45) is 0 Å². The summed E-state index contributed by atoms with van der Waals surface area (Å²) < 4.78 is 13.1. The van der Waals surface area contributed by atoms with Gasteiger partial charge in [-0.15, -0.1) is 10.2 Å². The Morgan fingerprint density at radius 2 is 2.08 bits per heavy atom. The molecular weight excluding hydrogens is 474 g/mol. The van der Waals surface area contributed by atoms with E-state index in [1.54, 1.807) is 27.9 Å². The van der Waals surface area contributed by atoms with Crippen molar-refractivity contribution in [1.82, 2.24) is 30.2 Å². The van der Waals surface area contributed by atoms with E-state index in [0.29, 0.717) is 30.0 Å². The maximum atomic E-state index is 13.0. The number of aromatic nitrogens is 4. The normalized spacial score (nSPS) is 19.5. The summed E-state index contributed by atoms with van der Waals surface area (Å²) in [6, 6.07) is 8.81. The number of nitrogens with one attached hydrogen (secondary N) is 1. The molecule has 11 nitrogen and oxygen atoms in total. The van der Waals surface area contributed by atoms with E-state index in [2.05, 4.69) is 26.7 Å². The highest BCUT2D eigenvalue weighted by atomic mass is 16.6. The number of rotatable bonds is 6. The summed E-state index contributed by atoms with van der Waals surface area (Å²) in [6.07, 6.45) is 5.72. The van der Waals surface area contributed by atoms with Gasteiger partial charge in [-0.2, -0.15) is 10.4 Å². The first-order valence-electron chi connectivity index (χ1n) is 12.4. The molecule has 1 N–H and O–H groups in total. The van der Waals surface area contributed by atoms with Crippen LogP contribution in [0.5, 0.6) is 0 Å². The first kappa shape index (κ1) is 24.5. The predicted octanol–water partition coefficient (Wildman–Crippen LogP) is 3.49. The molecule has 2 aliphatic rings. The highest BCUT2D eigenvalue weighted by Gasteiger charge is 2.39. The van der Waals surface area contributed by atoms with Crippen LogP contribution in [0.2, 0.25) is 0 Å². The van der Waals surface area contributed by atoms with Gasteiger partial charge in [-0.3, -0.25) is 9.48 Å². The SMILES string of the molecule is CC(C)(C)OC(=O)N1C[C@H](NC(=O)c2nnc(-c3cc(C#N)ccc3C3CC3)o2)C[C@H]1Cn1cccn1. The molecule has 0 unspecified atom stereocenters. The minimum atomic E-state index is -0.642. The Morgan fingerprint density at radius 3 is 2.76 bits per heavy atom. The molecule has 0 bridgehead atoms. The quantitative estimate of drug-likeness (QED) is 0.539. The number of nitrogens with zero attached hydrogens (tertiary/aromatic N) is 6. The number of carbonyl (C=O) groups is 2. The Morgan fingerprint density at radius 1 is 1.27 bits per heavy atom. The van der Waals surface area contributed by atoms with Crippen molar-refractivity contribution in [2.45, 2.75) is 70.2 Å². The van der Waals surface area contributed by atoms with Crippen LogP contribution in [0.25, 0.3) is 11.5 Å². The molecule has 1 aliphatic carbocycles. The molecule has 37 heavy (non-hydrogen) atoms. The average molecular weight is 504 g/mol. The summed E-state index contributed by atoms with van der Waals surface area (Å²) in [6.45, 7) is 6.21. The zero-order chi connectivity index (χ0) is 26.2. The third kappa shape index (κ3) is 5.63. The van der Waals surface area contributed by atoms with E-state index >= 15 is 0 Å². The zero-order valence-corrected chi connectivity index (χ0v) is 21.0. The van der Waals surface area contributed by atoms with E-state index in [1.807, 2.05) is 39.1 Å². The van der Waals surface area contributed by atoms with Gasteiger partial charge in [0.1, 0.15) is 5.60 Å². The van der Waals surface area contributed by atoms with Crippen LogP contribution in [-0.2, 0) is 11.3 Å². The molecule has 5 rings (SSSR count). The van der Waals surface area contributed by atoms with Crippen LogP contribution >= 0.6 is 0 Å². The van der Waals surface area contributed by atoms with Crippen LogP contribution in [0.1, 0.15) is 67.8 Å². The molecule has 1 aliphatic heterocycles. The fourth-order valence-corrected chi connectivity index (χ4v) is 4.60. The first-order chi connectivity index (χ1) is 17.7. The van der Waals surface area contributed by atoms with E-state index in [9.17, 15) is 14.9 Å². The van der Waals surface area contributed by atoms with E-state index in [-0.39, 0.29) is 30.4 Å². The van der Waals surface area contributed by atoms with E-state index < -0.39 is 17.6 Å². The number of likely N-dealkylation sites (tertiary alicyclic amines) is 1. The van der Waals surface area contributed by atoms with Gasteiger partial charge in [0.15, 0.2) is 0 Å². The van der Waals surface area contributed by atoms with Crippen molar-refractivity contribution in [3.8, 4) is 17.5 Å². The van der Waals surface area contributed by atoms with Crippen LogP contribution in [0.15, 0.2) is 41.1 Å². The summed E-state index contributed by atoms with van der Waals surface area (Å²) in [5.74, 6) is -0.0750. The number of hydrogen-bond acceptors (Lipinski definition) is 8. The Balaban J connectivity index is 1.30. The van der Waals surface area contributed by atoms with Gasteiger partial charge < -0.3 is 19.4 Å². The highest BCUT2D eigenvalue weighted by Crippen LogP contribution is 2.44. The van der Waals surface area contributed by atoms with Gasteiger partial charge in [0.05, 0.1) is 24.2 Å². The molecule has 1 saturated carbocycles. The van der Waals surface area contributed by atoms with Gasteiger partial charge in [-0.25, -0.2) is 4.79 Å². The van der Waals surface area contributed by atoms with Crippen LogP contribution in [-0.4, -0.2) is 61.1 Å². The van der Waals surface area contributed by atoms with Crippen LogP contribution in [0.4, 0.5) is 4.79 Å². The summed E-state index contributed by atoms with van der Waals surface area (Å²) in [5.41, 5.74) is 1.57. The Hall–Kier alpha value is -4.20. The molecule has 1 aromatic carbocycles. The fraction of sp³-hybridized carbons (Fsp3) is 0.462. The number of amides is 2. The second kappa shape index (κ2) is 9.69. The van der Waals surface area contributed by atoms with Gasteiger partial charge in [0.25, 0.3) is 0 Å². The van der Waals surface area contributed by atoms with Gasteiger partial charge in [0, 0.05) is 30.5 Å². The fourth-order valence-electron chi connectivity index (χ4n) is 4.60. The van der Waals surface area contributed by atoms with Crippen LogP contribution in [0, 0.1) is 11.3 Å². The number of ether oxygens (including phenoxy) is 1. The molecule has 11 heteroatoms. The van der Waals surface area contributed by atoms with Crippen molar-refractivity contribution in [3.63, 3.8) is 0 Å². The first-order valence-corrected chi connectivity index (χ1v) is 12.4. The largest absolute Gasteiger partial charge is 0.444 e. The molecule has 0 radical (unpaired) electrons. The number of nitriles is 1. The summed E-state index contributed by atoms with van der Waals surface area (Å²) in [4.78, 5) is 27.6. The van der Waals surface area contributed by atoms with Crippen molar-refractivity contribution in [2.75, 3.05) is 6.54 Å². The summed E-state index contributed by atoms with van der Waals surface area (Å²) in [5, 5.41) is 24.5. The van der Waals surface area contributed by atoms with E-state index in [0.717, 1.165) is 18.4 Å². The van der Waals surface area contributed by atoms with Gasteiger partial charge >= 0.3 is 17.9 Å². The predicted molar refractivity (Wildman–Crippen MR) is 131 cm³/mol. The molecule has 3 heterocycles. The molecule has 2 aromatic heterocycles. The Kier molecular flexibility index (Phi) is 6.41. The summed E-state index contributed by atoms with van der Waals surface area (Å²) in [7, 11) is 0. The molecule has 2 amide bonds. The number of carbonyl (C=O) groups excluding carboxylic acids is 2. The Labute approximate surface area is 214 Å². The molecular formula is C26H29N7O4. The molecule has 3 aromatic rings. The van der Waals surface area contributed by atoms with Crippen molar-refractivity contribution in [3.05, 3.63) is 53.7 Å². The van der Waals surface area contributed by atoms with E-state index in [1.165, 1.54) is 0 Å². The second-order valence-corrected chi connectivity index (χ2v) is 10.5. The van der Waals surface area contributed by atoms with Gasteiger partial charge in [0.2, 0.25) is 5.89 Å². The maximum Gasteiger partial charge on any atom is 0.410 e. The minimum absolute atomic E-state index is 0.168. The molecule has 192 valence electrons. The van der Waals surface area contributed by atoms with Crippen molar-refractivity contribution >= 4 is 12.0 Å². The summed E-state index contributed by atoms with van der Waals surface area (Å²) >= 11 is 0. The number of benzene rings is 1. The van der Waals surface area contributed by atoms with Gasteiger partial charge in [-0.05, 0) is 69.7 Å². The minimum Gasteiger partial charge on any atom is -0.444 e. The lowest BCUT2D eigenvalue weighted by Gasteiger charge is -2.28. The highest BCUT2D eigenvalue weighted by molar-refractivity contribution is 5.90. The Bertz CT molecular complexity index is 1330. The van der Waals surface area contributed by atoms with Gasteiger partial charge in [-0.1, -0.05) is 6.07 Å². The second-order valence-electron chi connectivity index (χ2n) is 10.5. The van der Waals surface area contributed by atoms with Crippen molar-refractivity contribution in [1.29, 1.82) is 5.26 Å². The standard InChI is InChI=1S/C26H29N7O4/c1-26(2,3)37-25(35)33-14-18(12-19(33)15-32-10-4-9-28-32)29-22(34)24-31-30-23(36-24)21-11-16(13-27)5-8-20(21)17-6-7-17/h4-5,8-11,17-19H,6-7,12,14-15H2,1-3H3,(H,29,34)/t18-,19+/m1/s1. The van der Waals surface area contributed by atoms with Crippen LogP contribution in [0.3, 0.4) is 0 Å². The smallest absolute Gasteiger partial charge is 0.410 e. The topological polar surface area (TPSA) is 139 Å².